The molecule has 0 atom stereocenters. The molecule has 1 amide bonds. The van der Waals surface area contributed by atoms with Gasteiger partial charge in [0.2, 0.25) is 5.91 Å². The second kappa shape index (κ2) is 5.55. The molecule has 7 heteroatoms. The molecule has 0 unspecified atom stereocenters. The van der Waals surface area contributed by atoms with Crippen molar-refractivity contribution in [2.75, 3.05) is 31.1 Å². The Morgan fingerprint density at radius 2 is 1.91 bits per heavy atom. The van der Waals surface area contributed by atoms with Gasteiger partial charge in [0, 0.05) is 32.1 Å². The zero-order valence-electron chi connectivity index (χ0n) is 12.5. The molecule has 0 bridgehead atoms. The molecule has 22 heavy (non-hydrogen) atoms. The summed E-state index contributed by atoms with van der Waals surface area (Å²) in [6, 6.07) is 0. The minimum atomic E-state index is 0.270. The minimum Gasteiger partial charge on any atom is -0.352 e. The van der Waals surface area contributed by atoms with Crippen molar-refractivity contribution >= 4 is 22.8 Å². The second-order valence-electron chi connectivity index (χ2n) is 6.12. The molecule has 1 aliphatic heterocycles. The van der Waals surface area contributed by atoms with Crippen molar-refractivity contribution in [3.05, 3.63) is 12.5 Å². The fourth-order valence-electron chi connectivity index (χ4n) is 3.57. The van der Waals surface area contributed by atoms with Gasteiger partial charge >= 0.3 is 0 Å². The molecule has 1 N–H and O–H groups in total. The normalized spacial score (nSPS) is 20.0. The summed E-state index contributed by atoms with van der Waals surface area (Å²) in [4.78, 5) is 25.3. The summed E-state index contributed by atoms with van der Waals surface area (Å²) >= 11 is 0. The highest BCUT2D eigenvalue weighted by Crippen LogP contribution is 2.28. The first-order chi connectivity index (χ1) is 10.8. The van der Waals surface area contributed by atoms with E-state index < -0.39 is 0 Å². The van der Waals surface area contributed by atoms with E-state index in [9.17, 15) is 4.79 Å². The monoisotopic (exact) mass is 300 g/mol. The molecule has 2 aliphatic rings. The van der Waals surface area contributed by atoms with Crippen molar-refractivity contribution in [3.63, 3.8) is 0 Å². The molecule has 3 heterocycles. The van der Waals surface area contributed by atoms with E-state index >= 15 is 0 Å². The molecule has 1 aliphatic carbocycles. The third-order valence-electron chi connectivity index (χ3n) is 4.82. The van der Waals surface area contributed by atoms with Crippen LogP contribution >= 0.6 is 0 Å². The Hall–Kier alpha value is -2.18. The van der Waals surface area contributed by atoms with Gasteiger partial charge in [-0.15, -0.1) is 0 Å². The van der Waals surface area contributed by atoms with Crippen molar-refractivity contribution in [1.82, 2.24) is 25.1 Å². The van der Waals surface area contributed by atoms with Crippen LogP contribution in [0.25, 0.3) is 11.0 Å². The number of hydrogen-bond acceptors (Lipinski definition) is 5. The van der Waals surface area contributed by atoms with E-state index in [1.54, 1.807) is 12.5 Å². The van der Waals surface area contributed by atoms with E-state index in [1.165, 1.54) is 12.8 Å². The molecule has 7 nitrogen and oxygen atoms in total. The summed E-state index contributed by atoms with van der Waals surface area (Å²) in [5.41, 5.74) is 0.759. The number of piperazine rings is 1. The van der Waals surface area contributed by atoms with E-state index in [-0.39, 0.29) is 5.92 Å². The number of anilines is 1. The van der Waals surface area contributed by atoms with Crippen LogP contribution < -0.4 is 4.90 Å². The average molecular weight is 300 g/mol. The predicted molar refractivity (Wildman–Crippen MR) is 82.4 cm³/mol. The quantitative estimate of drug-likeness (QED) is 0.901. The van der Waals surface area contributed by atoms with Gasteiger partial charge in [-0.1, -0.05) is 12.8 Å². The number of aromatic amines is 1. The zero-order valence-corrected chi connectivity index (χ0v) is 12.5. The summed E-state index contributed by atoms with van der Waals surface area (Å²) in [6.07, 6.45) is 7.87. The summed E-state index contributed by atoms with van der Waals surface area (Å²) in [5.74, 6) is 1.53. The van der Waals surface area contributed by atoms with Crippen molar-refractivity contribution in [2.24, 2.45) is 5.92 Å². The van der Waals surface area contributed by atoms with Crippen LogP contribution in [-0.2, 0) is 4.79 Å². The lowest BCUT2D eigenvalue weighted by Crippen LogP contribution is -2.50. The number of fused-ring (bicyclic) bond motifs is 1. The predicted octanol–water partition coefficient (Wildman–Crippen LogP) is 1.19. The number of nitrogens with one attached hydrogen (secondary N) is 1. The van der Waals surface area contributed by atoms with E-state index in [2.05, 4.69) is 25.1 Å². The fraction of sp³-hybridized carbons (Fsp3) is 0.600. The van der Waals surface area contributed by atoms with Gasteiger partial charge in [-0.2, -0.15) is 5.10 Å². The molecule has 0 radical (unpaired) electrons. The van der Waals surface area contributed by atoms with Crippen LogP contribution in [0.3, 0.4) is 0 Å². The maximum Gasteiger partial charge on any atom is 0.225 e. The van der Waals surface area contributed by atoms with E-state index in [1.807, 2.05) is 4.90 Å². The summed E-state index contributed by atoms with van der Waals surface area (Å²) in [7, 11) is 0. The van der Waals surface area contributed by atoms with Gasteiger partial charge in [0.15, 0.2) is 5.65 Å². The van der Waals surface area contributed by atoms with Crippen LogP contribution in [-0.4, -0.2) is 57.2 Å². The lowest BCUT2D eigenvalue weighted by Gasteiger charge is -2.36. The molecule has 2 aromatic heterocycles. The number of aromatic nitrogens is 4. The number of nitrogens with zero attached hydrogens (tertiary/aromatic N) is 5. The van der Waals surface area contributed by atoms with E-state index in [4.69, 9.17) is 0 Å². The van der Waals surface area contributed by atoms with Crippen molar-refractivity contribution in [1.29, 1.82) is 0 Å². The number of rotatable bonds is 2. The Labute approximate surface area is 128 Å². The van der Waals surface area contributed by atoms with Crippen molar-refractivity contribution < 1.29 is 4.79 Å². The topological polar surface area (TPSA) is 78.0 Å². The summed E-state index contributed by atoms with van der Waals surface area (Å²) in [5, 5.41) is 7.85. The largest absolute Gasteiger partial charge is 0.352 e. The Bertz CT molecular complexity index is 669. The van der Waals surface area contributed by atoms with Crippen molar-refractivity contribution in [2.45, 2.75) is 25.7 Å². The second-order valence-corrected chi connectivity index (χ2v) is 6.12. The molecule has 0 spiro atoms. The van der Waals surface area contributed by atoms with Gasteiger partial charge in [0.1, 0.15) is 12.1 Å². The summed E-state index contributed by atoms with van der Waals surface area (Å²) in [6.45, 7) is 3.18. The Morgan fingerprint density at radius 3 is 2.68 bits per heavy atom. The third-order valence-corrected chi connectivity index (χ3v) is 4.82. The minimum absolute atomic E-state index is 0.270. The molecule has 116 valence electrons. The fourth-order valence-corrected chi connectivity index (χ4v) is 3.57. The van der Waals surface area contributed by atoms with Crippen LogP contribution in [0.1, 0.15) is 25.7 Å². The van der Waals surface area contributed by atoms with Crippen molar-refractivity contribution in [3.8, 4) is 0 Å². The first kappa shape index (κ1) is 13.5. The Morgan fingerprint density at radius 1 is 1.14 bits per heavy atom. The highest BCUT2D eigenvalue weighted by atomic mass is 16.2. The molecular weight excluding hydrogens is 280 g/mol. The molecule has 0 aromatic carbocycles. The van der Waals surface area contributed by atoms with Crippen LogP contribution in [0, 0.1) is 5.92 Å². The lowest BCUT2D eigenvalue weighted by atomic mass is 10.1. The molecule has 2 fully saturated rings. The van der Waals surface area contributed by atoms with E-state index in [0.717, 1.165) is 55.9 Å². The highest BCUT2D eigenvalue weighted by molar-refractivity contribution is 5.86. The van der Waals surface area contributed by atoms with Gasteiger partial charge < -0.3 is 9.80 Å². The number of hydrogen-bond donors (Lipinski definition) is 1. The highest BCUT2D eigenvalue weighted by Gasteiger charge is 2.30. The molecule has 1 saturated carbocycles. The SMILES string of the molecule is O=C(C1CCCC1)N1CCN(c2ncnc3[nH]ncc23)CC1. The zero-order chi connectivity index (χ0) is 14.9. The Balaban J connectivity index is 1.45. The van der Waals surface area contributed by atoms with Crippen LogP contribution in [0.15, 0.2) is 12.5 Å². The van der Waals surface area contributed by atoms with Gasteiger partial charge in [-0.05, 0) is 12.8 Å². The maximum absolute atomic E-state index is 12.5. The summed E-state index contributed by atoms with van der Waals surface area (Å²) < 4.78 is 0. The number of carbonyl (C=O) groups is 1. The third kappa shape index (κ3) is 2.30. The molecular formula is C15H20N6O. The number of carbonyl (C=O) groups excluding carboxylic acids is 1. The molecule has 1 saturated heterocycles. The van der Waals surface area contributed by atoms with Gasteiger partial charge in [0.05, 0.1) is 11.6 Å². The van der Waals surface area contributed by atoms with Gasteiger partial charge in [0.25, 0.3) is 0 Å². The number of H-pyrrole nitrogens is 1. The lowest BCUT2D eigenvalue weighted by molar-refractivity contribution is -0.135. The number of amides is 1. The standard InChI is InChI=1S/C15H20N6O/c22-15(11-3-1-2-4-11)21-7-5-20(6-8-21)14-12-9-18-19-13(12)16-10-17-14/h9-11H,1-8H2,(H,16,17,18,19). The average Bonchev–Trinajstić information content (AvgIpc) is 3.25. The van der Waals surface area contributed by atoms with Gasteiger partial charge in [-0.25, -0.2) is 9.97 Å². The van der Waals surface area contributed by atoms with Crippen LogP contribution in [0.5, 0.6) is 0 Å². The molecule has 2 aromatic rings. The van der Waals surface area contributed by atoms with Gasteiger partial charge in [-0.3, -0.25) is 9.89 Å². The Kier molecular flexibility index (Phi) is 3.40. The first-order valence-corrected chi connectivity index (χ1v) is 8.01. The van der Waals surface area contributed by atoms with Crippen LogP contribution in [0.2, 0.25) is 0 Å². The smallest absolute Gasteiger partial charge is 0.225 e. The molecule has 4 rings (SSSR count). The maximum atomic E-state index is 12.5. The first-order valence-electron chi connectivity index (χ1n) is 8.01. The van der Waals surface area contributed by atoms with E-state index in [0.29, 0.717) is 5.91 Å². The van der Waals surface area contributed by atoms with Crippen LogP contribution in [0.4, 0.5) is 5.82 Å².